The van der Waals surface area contributed by atoms with E-state index in [0.29, 0.717) is 28.2 Å². The van der Waals surface area contributed by atoms with E-state index in [0.717, 1.165) is 116 Å². The van der Waals surface area contributed by atoms with Gasteiger partial charge in [-0.05, 0) is 119 Å². The summed E-state index contributed by atoms with van der Waals surface area (Å²) in [5.41, 5.74) is 17.4. The standard InChI is InChI=1S/C68H38N8/c1-72-53-34-45(42-71)33-52(35-53)49-25-28-66-58(37-49)55-19-9-13-23-64(55)76(66)67-29-26-50(61-39-60(46-14-4-2-5-15-46)73-68(74-61)47-16-6-3-7-17-47)38-59(67)56-20-10-12-22-63(56)75-62-21-11-8-18-54(62)57-36-48(24-27-65(57)75)51-31-43(40-69)30-44(32-51)41-70/h2-39H. The summed E-state index contributed by atoms with van der Waals surface area (Å²) in [6, 6.07) is 84.4. The normalized spacial score (nSPS) is 11.1. The van der Waals surface area contributed by atoms with Crippen molar-refractivity contribution in [3.8, 4) is 96.9 Å². The van der Waals surface area contributed by atoms with Gasteiger partial charge in [-0.3, -0.25) is 0 Å². The molecule has 0 unspecified atom stereocenters. The van der Waals surface area contributed by atoms with Gasteiger partial charge < -0.3 is 9.13 Å². The topological polar surface area (TPSA) is 111 Å². The lowest BCUT2D eigenvalue weighted by molar-refractivity contribution is 1.16. The minimum atomic E-state index is 0.415. The summed E-state index contributed by atoms with van der Waals surface area (Å²) in [6.07, 6.45) is 0. The maximum absolute atomic E-state index is 9.90. The Morgan fingerprint density at radius 1 is 0.342 bits per heavy atom. The van der Waals surface area contributed by atoms with Gasteiger partial charge in [-0.2, -0.15) is 15.8 Å². The van der Waals surface area contributed by atoms with Gasteiger partial charge in [-0.15, -0.1) is 0 Å². The highest BCUT2D eigenvalue weighted by Gasteiger charge is 2.23. The summed E-state index contributed by atoms with van der Waals surface area (Å²) >= 11 is 0. The van der Waals surface area contributed by atoms with Crippen molar-refractivity contribution in [2.75, 3.05) is 0 Å². The molecule has 0 bridgehead atoms. The first-order valence-electron chi connectivity index (χ1n) is 24.7. The molecule has 350 valence electrons. The minimum Gasteiger partial charge on any atom is -0.309 e. The highest BCUT2D eigenvalue weighted by atomic mass is 15.0. The fourth-order valence-corrected chi connectivity index (χ4v) is 10.7. The number of benzene rings is 10. The Labute approximate surface area is 437 Å². The largest absolute Gasteiger partial charge is 0.309 e. The van der Waals surface area contributed by atoms with Crippen LogP contribution >= 0.6 is 0 Å². The Hall–Kier alpha value is -11.2. The molecule has 0 N–H and O–H groups in total. The monoisotopic (exact) mass is 966 g/mol. The number of hydrogen-bond acceptors (Lipinski definition) is 5. The van der Waals surface area contributed by atoms with Crippen molar-refractivity contribution in [3.63, 3.8) is 0 Å². The Kier molecular flexibility index (Phi) is 10.9. The first-order chi connectivity index (χ1) is 37.5. The number of para-hydroxylation sites is 3. The maximum Gasteiger partial charge on any atom is 0.189 e. The number of fused-ring (bicyclic) bond motifs is 6. The fourth-order valence-electron chi connectivity index (χ4n) is 10.7. The molecule has 0 fully saturated rings. The predicted octanol–water partition coefficient (Wildman–Crippen LogP) is 16.8. The van der Waals surface area contributed by atoms with Crippen molar-refractivity contribution in [2.45, 2.75) is 0 Å². The van der Waals surface area contributed by atoms with Gasteiger partial charge >= 0.3 is 0 Å². The summed E-state index contributed by atoms with van der Waals surface area (Å²) in [5.74, 6) is 0.623. The summed E-state index contributed by atoms with van der Waals surface area (Å²) < 4.78 is 4.68. The van der Waals surface area contributed by atoms with Gasteiger partial charge in [0.25, 0.3) is 0 Å². The first-order valence-corrected chi connectivity index (χ1v) is 24.7. The maximum atomic E-state index is 9.90. The van der Waals surface area contributed by atoms with Crippen LogP contribution in [0.5, 0.6) is 0 Å². The lowest BCUT2D eigenvalue weighted by Crippen LogP contribution is -2.02. The Balaban J connectivity index is 1.08. The van der Waals surface area contributed by atoms with E-state index in [4.69, 9.17) is 16.5 Å². The van der Waals surface area contributed by atoms with Crippen LogP contribution in [0.1, 0.15) is 16.7 Å². The molecule has 8 heteroatoms. The van der Waals surface area contributed by atoms with E-state index in [1.54, 1.807) is 12.1 Å². The minimum absolute atomic E-state index is 0.415. The molecule has 0 saturated carbocycles. The number of nitriles is 3. The molecule has 0 radical (unpaired) electrons. The lowest BCUT2D eigenvalue weighted by Gasteiger charge is -2.20. The van der Waals surface area contributed by atoms with E-state index in [2.05, 4.69) is 178 Å². The number of hydrogen-bond donors (Lipinski definition) is 0. The third kappa shape index (κ3) is 7.68. The van der Waals surface area contributed by atoms with Crippen molar-refractivity contribution in [2.24, 2.45) is 0 Å². The summed E-state index contributed by atoms with van der Waals surface area (Å²) in [5, 5.41) is 33.8. The lowest BCUT2D eigenvalue weighted by atomic mass is 9.96. The molecule has 3 aromatic heterocycles. The van der Waals surface area contributed by atoms with E-state index in [1.165, 1.54) is 0 Å². The van der Waals surface area contributed by atoms with E-state index in [-0.39, 0.29) is 0 Å². The molecule has 3 heterocycles. The molecule has 10 aromatic carbocycles. The molecule has 13 rings (SSSR count). The average molecular weight is 967 g/mol. The third-order valence-corrected chi connectivity index (χ3v) is 14.2. The molecule has 0 spiro atoms. The van der Waals surface area contributed by atoms with Gasteiger partial charge in [0, 0.05) is 54.9 Å². The summed E-state index contributed by atoms with van der Waals surface area (Å²) in [6.45, 7) is 7.77. The summed E-state index contributed by atoms with van der Waals surface area (Å²) in [7, 11) is 0. The highest BCUT2D eigenvalue weighted by Crippen LogP contribution is 2.44. The van der Waals surface area contributed by atoms with Crippen molar-refractivity contribution >= 4 is 49.3 Å². The van der Waals surface area contributed by atoms with Crippen molar-refractivity contribution in [1.82, 2.24) is 19.1 Å². The van der Waals surface area contributed by atoms with Gasteiger partial charge in [0.05, 0.1) is 80.7 Å². The molecule has 0 aliphatic heterocycles. The molecule has 0 amide bonds. The highest BCUT2D eigenvalue weighted by molar-refractivity contribution is 6.13. The van der Waals surface area contributed by atoms with Crippen molar-refractivity contribution < 1.29 is 0 Å². The van der Waals surface area contributed by atoms with Gasteiger partial charge in [0.1, 0.15) is 0 Å². The zero-order valence-electron chi connectivity index (χ0n) is 40.5. The third-order valence-electron chi connectivity index (χ3n) is 14.2. The molecule has 0 aliphatic carbocycles. The Bertz CT molecular complexity index is 4570. The van der Waals surface area contributed by atoms with Crippen molar-refractivity contribution in [3.05, 3.63) is 259 Å². The van der Waals surface area contributed by atoms with E-state index in [1.807, 2.05) is 72.8 Å². The van der Waals surface area contributed by atoms with E-state index >= 15 is 0 Å². The van der Waals surface area contributed by atoms with E-state index < -0.39 is 0 Å². The fraction of sp³-hybridized carbons (Fsp3) is 0. The smallest absolute Gasteiger partial charge is 0.189 e. The number of rotatable bonds is 8. The second-order valence-corrected chi connectivity index (χ2v) is 18.6. The van der Waals surface area contributed by atoms with Gasteiger partial charge in [-0.25, -0.2) is 14.8 Å². The van der Waals surface area contributed by atoms with Gasteiger partial charge in [-0.1, -0.05) is 133 Å². The second-order valence-electron chi connectivity index (χ2n) is 18.6. The SMILES string of the molecule is [C-]#[N+]c1cc(C#N)cc(-c2ccc3c(c2)c2ccccc2n3-c2ccc(-c3cc(-c4ccccc4)nc(-c4ccccc4)n3)cc2-c2ccccc2-n2c3ccccc3c3cc(-c4cc(C#N)cc(C#N)c4)ccc32)c1. The molecule has 0 saturated heterocycles. The second kappa shape index (κ2) is 18.5. The van der Waals surface area contributed by atoms with Crippen LogP contribution in [0.3, 0.4) is 0 Å². The van der Waals surface area contributed by atoms with Gasteiger partial charge in [0.15, 0.2) is 11.5 Å². The predicted molar refractivity (Wildman–Crippen MR) is 304 cm³/mol. The van der Waals surface area contributed by atoms with Crippen LogP contribution in [0.15, 0.2) is 231 Å². The van der Waals surface area contributed by atoms with Crippen LogP contribution in [0.25, 0.3) is 127 Å². The van der Waals surface area contributed by atoms with E-state index in [9.17, 15) is 15.8 Å². The quantitative estimate of drug-likeness (QED) is 0.141. The molecule has 8 nitrogen and oxygen atoms in total. The van der Waals surface area contributed by atoms with Crippen LogP contribution in [0.2, 0.25) is 0 Å². The van der Waals surface area contributed by atoms with Crippen LogP contribution in [-0.4, -0.2) is 19.1 Å². The van der Waals surface area contributed by atoms with Crippen LogP contribution < -0.4 is 0 Å². The summed E-state index contributed by atoms with van der Waals surface area (Å²) in [4.78, 5) is 14.1. The molecular formula is C68H38N8. The number of nitrogens with zero attached hydrogens (tertiary/aromatic N) is 8. The van der Waals surface area contributed by atoms with Gasteiger partial charge in [0.2, 0.25) is 0 Å². The molecular weight excluding hydrogens is 929 g/mol. The van der Waals surface area contributed by atoms with Crippen LogP contribution in [-0.2, 0) is 0 Å². The van der Waals surface area contributed by atoms with Crippen LogP contribution in [0, 0.1) is 40.6 Å². The van der Waals surface area contributed by atoms with Crippen molar-refractivity contribution in [1.29, 1.82) is 15.8 Å². The molecule has 76 heavy (non-hydrogen) atoms. The molecule has 0 aliphatic rings. The average Bonchev–Trinajstić information content (AvgIpc) is 4.10. The molecule has 13 aromatic rings. The number of aromatic nitrogens is 4. The zero-order chi connectivity index (χ0) is 51.3. The Morgan fingerprint density at radius 2 is 0.816 bits per heavy atom. The first kappa shape index (κ1) is 44.8. The molecule has 0 atom stereocenters. The van der Waals surface area contributed by atoms with Crippen LogP contribution in [0.4, 0.5) is 5.69 Å². The Morgan fingerprint density at radius 3 is 1.41 bits per heavy atom. The zero-order valence-corrected chi connectivity index (χ0v) is 40.5.